The van der Waals surface area contributed by atoms with Crippen LogP contribution in [0.25, 0.3) is 0 Å². The average Bonchev–Trinajstić information content (AvgIpc) is 2.61. The van der Waals surface area contributed by atoms with Gasteiger partial charge in [0.1, 0.15) is 5.75 Å². The zero-order valence-corrected chi connectivity index (χ0v) is 16.1. The molecule has 26 heavy (non-hydrogen) atoms. The molecule has 0 unspecified atom stereocenters. The first-order chi connectivity index (χ1) is 12.3. The van der Waals surface area contributed by atoms with E-state index < -0.39 is 18.2 Å². The Hall–Kier alpha value is -2.24. The molecule has 138 valence electrons. The zero-order valence-electron chi connectivity index (χ0n) is 14.6. The Balaban J connectivity index is 2.14. The van der Waals surface area contributed by atoms with Gasteiger partial charge in [-0.15, -0.1) is 0 Å². The third-order valence-corrected chi connectivity index (χ3v) is 4.06. The van der Waals surface area contributed by atoms with Gasteiger partial charge in [0.05, 0.1) is 5.02 Å². The highest BCUT2D eigenvalue weighted by molar-refractivity contribution is 6.35. The van der Waals surface area contributed by atoms with Crippen LogP contribution in [-0.2, 0) is 14.3 Å². The van der Waals surface area contributed by atoms with Gasteiger partial charge in [-0.1, -0.05) is 53.5 Å². The van der Waals surface area contributed by atoms with E-state index in [1.807, 2.05) is 6.07 Å². The van der Waals surface area contributed by atoms with E-state index in [4.69, 9.17) is 32.7 Å². The lowest BCUT2D eigenvalue weighted by atomic mass is 10.1. The van der Waals surface area contributed by atoms with Crippen molar-refractivity contribution in [2.45, 2.75) is 19.1 Å². The maximum atomic E-state index is 12.4. The number of rotatable bonds is 6. The first-order valence-electron chi connectivity index (χ1n) is 7.88. The van der Waals surface area contributed by atoms with Gasteiger partial charge in [-0.3, -0.25) is 4.79 Å². The lowest BCUT2D eigenvalue weighted by Crippen LogP contribution is -2.35. The molecule has 0 aromatic heterocycles. The zero-order chi connectivity index (χ0) is 19.3. The lowest BCUT2D eigenvalue weighted by Gasteiger charge is -2.23. The van der Waals surface area contributed by atoms with Crippen LogP contribution in [0.2, 0.25) is 10.0 Å². The molecular weight excluding hydrogens is 377 g/mol. The number of halogens is 2. The largest absolute Gasteiger partial charge is 0.477 e. The van der Waals surface area contributed by atoms with Crippen LogP contribution >= 0.6 is 23.2 Å². The second-order valence-corrected chi connectivity index (χ2v) is 6.64. The molecule has 0 radical (unpaired) electrons. The van der Waals surface area contributed by atoms with Crippen molar-refractivity contribution in [3.05, 3.63) is 64.1 Å². The molecule has 0 bridgehead atoms. The summed E-state index contributed by atoms with van der Waals surface area (Å²) in [6.45, 7) is 1.52. The number of ether oxygens (including phenoxy) is 2. The highest BCUT2D eigenvalue weighted by Crippen LogP contribution is 2.29. The van der Waals surface area contributed by atoms with E-state index in [0.29, 0.717) is 16.3 Å². The Morgan fingerprint density at radius 3 is 2.27 bits per heavy atom. The van der Waals surface area contributed by atoms with Crippen molar-refractivity contribution >= 4 is 35.1 Å². The summed E-state index contributed by atoms with van der Waals surface area (Å²) in [6, 6.07) is 13.5. The number of likely N-dealkylation sites (N-methyl/N-ethyl adjacent to an activating group) is 1. The van der Waals surface area contributed by atoms with Crippen molar-refractivity contribution < 1.29 is 19.1 Å². The summed E-state index contributed by atoms with van der Waals surface area (Å²) in [5.41, 5.74) is 0.580. The van der Waals surface area contributed by atoms with Crippen molar-refractivity contribution in [2.24, 2.45) is 0 Å². The molecule has 0 N–H and O–H groups in total. The van der Waals surface area contributed by atoms with Crippen LogP contribution in [0.15, 0.2) is 48.5 Å². The summed E-state index contributed by atoms with van der Waals surface area (Å²) < 4.78 is 11.0. The Morgan fingerprint density at radius 2 is 1.69 bits per heavy atom. The number of hydrogen-bond acceptors (Lipinski definition) is 4. The maximum absolute atomic E-state index is 12.4. The molecule has 0 heterocycles. The first-order valence-corrected chi connectivity index (χ1v) is 8.63. The predicted octanol–water partition coefficient (Wildman–Crippen LogP) is 4.13. The van der Waals surface area contributed by atoms with Crippen LogP contribution < -0.4 is 4.74 Å². The molecule has 2 rings (SSSR count). The van der Waals surface area contributed by atoms with E-state index in [0.717, 1.165) is 0 Å². The van der Waals surface area contributed by atoms with Gasteiger partial charge in [-0.05, 0) is 25.1 Å². The average molecular weight is 396 g/mol. The molecule has 0 fully saturated rings. The minimum absolute atomic E-state index is 0.279. The van der Waals surface area contributed by atoms with Crippen LogP contribution in [-0.4, -0.2) is 37.0 Å². The van der Waals surface area contributed by atoms with Gasteiger partial charge < -0.3 is 14.4 Å². The van der Waals surface area contributed by atoms with Gasteiger partial charge in [0.2, 0.25) is 6.10 Å². The summed E-state index contributed by atoms with van der Waals surface area (Å²) in [4.78, 5) is 26.2. The van der Waals surface area contributed by atoms with Gasteiger partial charge in [0.15, 0.2) is 6.10 Å². The summed E-state index contributed by atoms with van der Waals surface area (Å²) >= 11 is 11.9. The van der Waals surface area contributed by atoms with Crippen molar-refractivity contribution in [1.82, 2.24) is 4.90 Å². The van der Waals surface area contributed by atoms with Crippen LogP contribution in [0.1, 0.15) is 18.6 Å². The molecule has 2 atom stereocenters. The second kappa shape index (κ2) is 8.92. The Morgan fingerprint density at radius 1 is 1.04 bits per heavy atom. The number of esters is 1. The van der Waals surface area contributed by atoms with E-state index in [2.05, 4.69) is 0 Å². The number of nitrogens with zero attached hydrogens (tertiary/aromatic N) is 1. The molecule has 0 aliphatic rings. The third kappa shape index (κ3) is 5.13. The van der Waals surface area contributed by atoms with Crippen molar-refractivity contribution in [3.63, 3.8) is 0 Å². The Labute approximate surface area is 162 Å². The van der Waals surface area contributed by atoms with Gasteiger partial charge >= 0.3 is 5.97 Å². The minimum Gasteiger partial charge on any atom is -0.477 e. The Kier molecular flexibility index (Phi) is 6.89. The molecule has 0 saturated carbocycles. The lowest BCUT2D eigenvalue weighted by molar-refractivity contribution is -0.165. The van der Waals surface area contributed by atoms with Crippen molar-refractivity contribution in [1.29, 1.82) is 0 Å². The number of hydrogen-bond donors (Lipinski definition) is 0. The van der Waals surface area contributed by atoms with E-state index in [9.17, 15) is 9.59 Å². The monoisotopic (exact) mass is 395 g/mol. The second-order valence-electron chi connectivity index (χ2n) is 5.80. The van der Waals surface area contributed by atoms with Crippen molar-refractivity contribution in [3.8, 4) is 5.75 Å². The van der Waals surface area contributed by atoms with Gasteiger partial charge in [0, 0.05) is 24.7 Å². The summed E-state index contributed by atoms with van der Waals surface area (Å²) in [5.74, 6) is -0.725. The molecule has 0 saturated heterocycles. The molecule has 7 heteroatoms. The summed E-state index contributed by atoms with van der Waals surface area (Å²) in [6.07, 6.45) is -2.01. The molecule has 2 aromatic carbocycles. The van der Waals surface area contributed by atoms with Crippen LogP contribution in [0, 0.1) is 0 Å². The molecule has 5 nitrogen and oxygen atoms in total. The highest BCUT2D eigenvalue weighted by Gasteiger charge is 2.29. The normalized spacial score (nSPS) is 12.8. The fraction of sp³-hybridized carbons (Fsp3) is 0.263. The molecule has 1 amide bonds. The molecule has 0 aliphatic heterocycles. The third-order valence-electron chi connectivity index (χ3n) is 3.53. The molecule has 0 spiro atoms. The minimum atomic E-state index is -1.05. The van der Waals surface area contributed by atoms with Crippen LogP contribution in [0.5, 0.6) is 5.75 Å². The van der Waals surface area contributed by atoms with Gasteiger partial charge in [-0.25, -0.2) is 4.79 Å². The molecule has 0 aliphatic carbocycles. The van der Waals surface area contributed by atoms with Gasteiger partial charge in [0.25, 0.3) is 5.91 Å². The molecular formula is C19H19Cl2NO4. The topological polar surface area (TPSA) is 55.8 Å². The predicted molar refractivity (Wildman–Crippen MR) is 101 cm³/mol. The van der Waals surface area contributed by atoms with Crippen molar-refractivity contribution in [2.75, 3.05) is 14.1 Å². The summed E-state index contributed by atoms with van der Waals surface area (Å²) in [7, 11) is 3.19. The molecule has 2 aromatic rings. The van der Waals surface area contributed by atoms with E-state index >= 15 is 0 Å². The fourth-order valence-corrected chi connectivity index (χ4v) is 2.60. The van der Waals surface area contributed by atoms with E-state index in [1.54, 1.807) is 50.5 Å². The number of carbonyl (C=O) groups excluding carboxylic acids is 2. The van der Waals surface area contributed by atoms with Gasteiger partial charge in [-0.2, -0.15) is 0 Å². The number of amides is 1. The highest BCUT2D eigenvalue weighted by atomic mass is 35.5. The van der Waals surface area contributed by atoms with Crippen LogP contribution in [0.4, 0.5) is 0 Å². The SMILES string of the molecule is C[C@H](Oc1ccc(Cl)cc1Cl)C(=O)O[C@@H](C(=O)N(C)C)c1ccccc1. The standard InChI is InChI=1S/C19H19Cl2NO4/c1-12(25-16-10-9-14(20)11-15(16)21)19(24)26-17(18(23)22(2)3)13-7-5-4-6-8-13/h4-12,17H,1-3H3/t12-,17+/m0/s1. The first kappa shape index (κ1) is 20.1. The van der Waals surface area contributed by atoms with E-state index in [-0.39, 0.29) is 10.9 Å². The Bertz CT molecular complexity index is 780. The smallest absolute Gasteiger partial charge is 0.348 e. The number of benzene rings is 2. The maximum Gasteiger partial charge on any atom is 0.348 e. The fourth-order valence-electron chi connectivity index (χ4n) is 2.14. The van der Waals surface area contributed by atoms with E-state index in [1.165, 1.54) is 17.9 Å². The van der Waals surface area contributed by atoms with Crippen LogP contribution in [0.3, 0.4) is 0 Å². The number of carbonyl (C=O) groups is 2. The summed E-state index contributed by atoms with van der Waals surface area (Å²) in [5, 5.41) is 0.736. The quantitative estimate of drug-likeness (QED) is 0.689.